The van der Waals surface area contributed by atoms with Gasteiger partial charge < -0.3 is 9.84 Å². The molecule has 32 heavy (non-hydrogen) atoms. The fourth-order valence-electron chi connectivity index (χ4n) is 3.70. The van der Waals surface area contributed by atoms with Gasteiger partial charge in [-0.05, 0) is 37.8 Å². The summed E-state index contributed by atoms with van der Waals surface area (Å²) in [6, 6.07) is 16.5. The Balaban J connectivity index is 0.000000837. The Morgan fingerprint density at radius 3 is 2.16 bits per heavy atom. The highest BCUT2D eigenvalue weighted by Crippen LogP contribution is 2.23. The van der Waals surface area contributed by atoms with E-state index in [1.54, 1.807) is 18.2 Å². The zero-order valence-electron chi connectivity index (χ0n) is 19.1. The number of carbonyl (C=O) groups excluding carboxylic acids is 2. The molecule has 0 bridgehead atoms. The first-order chi connectivity index (χ1) is 15.3. The minimum atomic E-state index is -0.833. The van der Waals surface area contributed by atoms with Crippen LogP contribution in [0.15, 0.2) is 54.6 Å². The van der Waals surface area contributed by atoms with E-state index in [4.69, 9.17) is 14.6 Å². The summed E-state index contributed by atoms with van der Waals surface area (Å²) in [4.78, 5) is 36.7. The third-order valence-electron chi connectivity index (χ3n) is 5.44. The van der Waals surface area contributed by atoms with Crippen LogP contribution >= 0.6 is 0 Å². The predicted octanol–water partition coefficient (Wildman–Crippen LogP) is 4.88. The highest BCUT2D eigenvalue weighted by molar-refractivity contribution is 6.09. The molecule has 2 unspecified atom stereocenters. The predicted molar refractivity (Wildman–Crippen MR) is 124 cm³/mol. The zero-order valence-corrected chi connectivity index (χ0v) is 19.1. The standard InChI is InChI=1S/C24H29NO3.C2H4O2/c1-3-22(25-15-8-5-9-16-25)28-24(27)18(2)20-13-10-14-21(17-20)23(26)19-11-6-4-7-12-19;1-2(3)4/h4,6-7,10-14,17-18,22H,3,5,8-9,15-16H2,1-2H3;1H3,(H,3,4). The van der Waals surface area contributed by atoms with Crippen molar-refractivity contribution < 1.29 is 24.2 Å². The lowest BCUT2D eigenvalue weighted by molar-refractivity contribution is -0.162. The van der Waals surface area contributed by atoms with E-state index in [1.165, 1.54) is 6.42 Å². The van der Waals surface area contributed by atoms with Crippen LogP contribution in [-0.2, 0) is 14.3 Å². The molecule has 0 aliphatic carbocycles. The van der Waals surface area contributed by atoms with Gasteiger partial charge in [0.05, 0.1) is 5.92 Å². The Bertz CT molecular complexity index is 886. The molecule has 0 radical (unpaired) electrons. The number of carbonyl (C=O) groups is 3. The van der Waals surface area contributed by atoms with Crippen LogP contribution in [-0.4, -0.2) is 47.0 Å². The molecule has 2 atom stereocenters. The minimum absolute atomic E-state index is 0.0391. The molecule has 6 nitrogen and oxygen atoms in total. The average molecular weight is 440 g/mol. The lowest BCUT2D eigenvalue weighted by atomic mass is 9.96. The van der Waals surface area contributed by atoms with Crippen LogP contribution in [0.4, 0.5) is 0 Å². The number of esters is 1. The first-order valence-electron chi connectivity index (χ1n) is 11.2. The maximum Gasteiger partial charge on any atom is 0.314 e. The van der Waals surface area contributed by atoms with Crippen molar-refractivity contribution in [1.82, 2.24) is 4.90 Å². The fraction of sp³-hybridized carbons (Fsp3) is 0.423. The second-order valence-electron chi connectivity index (χ2n) is 7.96. The summed E-state index contributed by atoms with van der Waals surface area (Å²) in [5.74, 6) is -1.52. The second kappa shape index (κ2) is 12.8. The van der Waals surface area contributed by atoms with Gasteiger partial charge in [0.15, 0.2) is 12.0 Å². The van der Waals surface area contributed by atoms with E-state index >= 15 is 0 Å². The van der Waals surface area contributed by atoms with Crippen LogP contribution in [0.3, 0.4) is 0 Å². The zero-order chi connectivity index (χ0) is 23.5. The Labute approximate surface area is 190 Å². The van der Waals surface area contributed by atoms with Gasteiger partial charge in [-0.2, -0.15) is 0 Å². The van der Waals surface area contributed by atoms with E-state index in [-0.39, 0.29) is 18.0 Å². The molecule has 6 heteroatoms. The Morgan fingerprint density at radius 1 is 0.969 bits per heavy atom. The quantitative estimate of drug-likeness (QED) is 0.489. The first-order valence-corrected chi connectivity index (χ1v) is 11.2. The van der Waals surface area contributed by atoms with Crippen LogP contribution < -0.4 is 0 Å². The van der Waals surface area contributed by atoms with Crippen molar-refractivity contribution in [1.29, 1.82) is 0 Å². The molecule has 1 heterocycles. The lowest BCUT2D eigenvalue weighted by Gasteiger charge is -2.33. The van der Waals surface area contributed by atoms with Crippen molar-refractivity contribution in [2.75, 3.05) is 13.1 Å². The Morgan fingerprint density at radius 2 is 1.56 bits per heavy atom. The van der Waals surface area contributed by atoms with Gasteiger partial charge in [-0.15, -0.1) is 0 Å². The number of likely N-dealkylation sites (tertiary alicyclic amines) is 1. The second-order valence-corrected chi connectivity index (χ2v) is 7.96. The molecule has 2 aromatic carbocycles. The van der Waals surface area contributed by atoms with Gasteiger partial charge in [-0.3, -0.25) is 19.3 Å². The number of carboxylic acid groups (broad SMARTS) is 1. The van der Waals surface area contributed by atoms with Crippen LogP contribution in [0.2, 0.25) is 0 Å². The molecule has 0 aromatic heterocycles. The molecular formula is C26H33NO5. The van der Waals surface area contributed by atoms with E-state index in [0.717, 1.165) is 44.8 Å². The van der Waals surface area contributed by atoms with E-state index in [1.807, 2.05) is 43.3 Å². The summed E-state index contributed by atoms with van der Waals surface area (Å²) in [5, 5.41) is 7.42. The molecule has 1 fully saturated rings. The SMILES string of the molecule is CC(=O)O.CCC(OC(=O)C(C)c1cccc(C(=O)c2ccccc2)c1)N1CCCCC1. The number of carboxylic acids is 1. The van der Waals surface area contributed by atoms with Crippen LogP contribution in [0.1, 0.15) is 73.9 Å². The summed E-state index contributed by atoms with van der Waals surface area (Å²) < 4.78 is 5.84. The summed E-state index contributed by atoms with van der Waals surface area (Å²) >= 11 is 0. The summed E-state index contributed by atoms with van der Waals surface area (Å²) in [5.41, 5.74) is 2.04. The first kappa shape index (κ1) is 25.3. The van der Waals surface area contributed by atoms with Crippen molar-refractivity contribution in [3.05, 3.63) is 71.3 Å². The van der Waals surface area contributed by atoms with Crippen molar-refractivity contribution in [3.8, 4) is 0 Å². The normalized spacial score (nSPS) is 15.6. The van der Waals surface area contributed by atoms with Gasteiger partial charge in [0, 0.05) is 31.1 Å². The monoisotopic (exact) mass is 439 g/mol. The molecule has 0 saturated carbocycles. The molecule has 1 aliphatic heterocycles. The Kier molecular flexibility index (Phi) is 10.1. The lowest BCUT2D eigenvalue weighted by Crippen LogP contribution is -2.42. The van der Waals surface area contributed by atoms with E-state index in [9.17, 15) is 9.59 Å². The number of hydrogen-bond donors (Lipinski definition) is 1. The van der Waals surface area contributed by atoms with E-state index in [2.05, 4.69) is 11.8 Å². The van der Waals surface area contributed by atoms with Gasteiger partial charge >= 0.3 is 5.97 Å². The summed E-state index contributed by atoms with van der Waals surface area (Å²) in [7, 11) is 0. The topological polar surface area (TPSA) is 83.9 Å². The number of hydrogen-bond acceptors (Lipinski definition) is 5. The maximum atomic E-state index is 12.8. The van der Waals surface area contributed by atoms with Crippen molar-refractivity contribution in [2.45, 2.75) is 58.6 Å². The molecule has 1 N–H and O–H groups in total. The number of ether oxygens (including phenoxy) is 1. The highest BCUT2D eigenvalue weighted by Gasteiger charge is 2.26. The fourth-order valence-corrected chi connectivity index (χ4v) is 3.70. The number of nitrogens with zero attached hydrogens (tertiary/aromatic N) is 1. The van der Waals surface area contributed by atoms with Gasteiger partial charge in [-0.25, -0.2) is 0 Å². The number of rotatable bonds is 7. The molecule has 2 aromatic rings. The number of aliphatic carboxylic acids is 1. The third-order valence-corrected chi connectivity index (χ3v) is 5.44. The molecule has 0 amide bonds. The van der Waals surface area contributed by atoms with Gasteiger partial charge in [0.1, 0.15) is 0 Å². The highest BCUT2D eigenvalue weighted by atomic mass is 16.6. The van der Waals surface area contributed by atoms with E-state index in [0.29, 0.717) is 11.1 Å². The van der Waals surface area contributed by atoms with Gasteiger partial charge in [0.2, 0.25) is 0 Å². The summed E-state index contributed by atoms with van der Waals surface area (Å²) in [6.45, 7) is 6.95. The number of benzene rings is 2. The molecule has 172 valence electrons. The maximum absolute atomic E-state index is 12.8. The summed E-state index contributed by atoms with van der Waals surface area (Å²) in [6.07, 6.45) is 4.19. The molecule has 0 spiro atoms. The average Bonchev–Trinajstić information content (AvgIpc) is 2.82. The third kappa shape index (κ3) is 7.61. The van der Waals surface area contributed by atoms with Crippen LogP contribution in [0.25, 0.3) is 0 Å². The number of ketones is 1. The van der Waals surface area contributed by atoms with E-state index < -0.39 is 11.9 Å². The minimum Gasteiger partial charge on any atom is -0.481 e. The number of piperidine rings is 1. The Hall–Kier alpha value is -2.99. The van der Waals surface area contributed by atoms with Crippen molar-refractivity contribution in [3.63, 3.8) is 0 Å². The van der Waals surface area contributed by atoms with Crippen LogP contribution in [0.5, 0.6) is 0 Å². The largest absolute Gasteiger partial charge is 0.481 e. The molecule has 1 saturated heterocycles. The van der Waals surface area contributed by atoms with Crippen molar-refractivity contribution in [2.24, 2.45) is 0 Å². The smallest absolute Gasteiger partial charge is 0.314 e. The molecule has 3 rings (SSSR count). The van der Waals surface area contributed by atoms with Gasteiger partial charge in [-0.1, -0.05) is 61.9 Å². The van der Waals surface area contributed by atoms with Gasteiger partial charge in [0.25, 0.3) is 5.97 Å². The molecular weight excluding hydrogens is 406 g/mol. The molecule has 1 aliphatic rings. The van der Waals surface area contributed by atoms with Crippen molar-refractivity contribution >= 4 is 17.7 Å². The van der Waals surface area contributed by atoms with Crippen LogP contribution in [0, 0.1) is 0 Å².